The molecule has 0 aliphatic heterocycles. The summed E-state index contributed by atoms with van der Waals surface area (Å²) in [7, 11) is -5.54. The van der Waals surface area contributed by atoms with Crippen LogP contribution in [0.2, 0.25) is 128 Å². The lowest BCUT2D eigenvalue weighted by Gasteiger charge is -2.16. The Morgan fingerprint density at radius 1 is 0.378 bits per heavy atom. The second-order valence-corrected chi connectivity index (χ2v) is 67.8. The van der Waals surface area contributed by atoms with Gasteiger partial charge in [0.2, 0.25) is 0 Å². The topological polar surface area (TPSA) is 255 Å². The molecule has 0 aliphatic rings. The minimum absolute atomic E-state index is 0.00691. The summed E-state index contributed by atoms with van der Waals surface area (Å²) in [6.07, 6.45) is 0. The van der Waals surface area contributed by atoms with Crippen LogP contribution in [0.15, 0.2) is 188 Å². The van der Waals surface area contributed by atoms with Crippen LogP contribution in [0.4, 0.5) is 35.1 Å². The van der Waals surface area contributed by atoms with Gasteiger partial charge in [0.25, 0.3) is 0 Å². The molecule has 720 valence electrons. The molecule has 6 aromatic heterocycles. The van der Waals surface area contributed by atoms with Crippen LogP contribution in [0.1, 0.15) is 6.92 Å². The van der Waals surface area contributed by atoms with Crippen molar-refractivity contribution < 1.29 is 78.5 Å². The highest BCUT2D eigenvalue weighted by Gasteiger charge is 2.26. The van der Waals surface area contributed by atoms with Crippen LogP contribution >= 0.6 is 45.8 Å². The normalized spacial score (nSPS) is 11.8. The molecular formula is C98H117Cl2F8IN12O9Si5. The summed E-state index contributed by atoms with van der Waals surface area (Å²) in [5.41, 5.74) is 10.1. The van der Waals surface area contributed by atoms with Crippen LogP contribution in [0.25, 0.3) is 123 Å². The third-order valence-corrected chi connectivity index (χ3v) is 29.8. The van der Waals surface area contributed by atoms with Crippen molar-refractivity contribution in [1.82, 2.24) is 59.7 Å². The summed E-state index contributed by atoms with van der Waals surface area (Å²) in [6.45, 7) is 41.7. The maximum Gasteiger partial charge on any atom is 0.189 e. The first-order chi connectivity index (χ1) is 64.0. The van der Waals surface area contributed by atoms with Gasteiger partial charge in [-0.1, -0.05) is 147 Å². The fraction of sp³-hybridized carbons (Fsp3) is 0.327. The number of aromatic nitrogens is 12. The number of aromatic amines is 4. The molecule has 0 spiro atoms. The molecule has 0 atom stereocenters. The molecule has 0 amide bonds. The van der Waals surface area contributed by atoms with E-state index in [9.17, 15) is 31.4 Å². The molecule has 6 heterocycles. The minimum atomic E-state index is -1.26. The zero-order valence-corrected chi connectivity index (χ0v) is 87.4. The lowest BCUT2D eigenvalue weighted by molar-refractivity contribution is 0.0195. The largest absolute Gasteiger partial charge is 0.505 e. The molecule has 0 unspecified atom stereocenters. The van der Waals surface area contributed by atoms with Crippen LogP contribution in [0.5, 0.6) is 23.0 Å². The number of halogens is 11. The Hall–Kier alpha value is -10.1. The average Bonchev–Trinajstić information content (AvgIpc) is 1.62. The van der Waals surface area contributed by atoms with Gasteiger partial charge in [0.1, 0.15) is 53.8 Å². The number of benzene rings is 10. The van der Waals surface area contributed by atoms with Gasteiger partial charge in [0.15, 0.2) is 77.3 Å². The molecule has 0 saturated carbocycles. The zero-order chi connectivity index (χ0) is 98.1. The van der Waals surface area contributed by atoms with E-state index in [1.165, 1.54) is 27.8 Å². The molecule has 0 fully saturated rings. The molecule has 0 aliphatic carbocycles. The van der Waals surface area contributed by atoms with Crippen LogP contribution in [-0.4, -0.2) is 169 Å². The first-order valence-electron chi connectivity index (χ1n) is 44.0. The number of nitrogens with zero attached hydrogens (tertiary/aromatic N) is 8. The molecular weight excluding hydrogens is 1980 g/mol. The van der Waals surface area contributed by atoms with Crippen molar-refractivity contribution in [1.29, 1.82) is 0 Å². The van der Waals surface area contributed by atoms with Gasteiger partial charge >= 0.3 is 0 Å². The maximum absolute atomic E-state index is 15.7. The number of hydrogen-bond acceptors (Lipinski definition) is 15. The highest BCUT2D eigenvalue weighted by atomic mass is 127. The second-order valence-electron chi connectivity index (χ2n) is 37.7. The number of H-pyrrole nitrogens is 4. The van der Waals surface area contributed by atoms with E-state index in [2.05, 4.69) is 169 Å². The number of para-hydroxylation sites is 6. The predicted octanol–water partition coefficient (Wildman–Crippen LogP) is 27.9. The molecule has 0 radical (unpaired) electrons. The van der Waals surface area contributed by atoms with Gasteiger partial charge in [-0.2, -0.15) is 15.3 Å². The SMILES string of the molecule is CCOCC[Si](C)(C)C.C[Si](C)(C)CCOCOc1ccc(F)c(-c2ccc3c(c2)c(-c2nc4ccccc4[nH]2)nn3COCC[Si](C)(C)C)c1F.C[Si](C)(C)CCOCOc1ccc(F)cc1F.C[Si](C)(C)CCOCn1nc(-c2nc3ccccc3[nH]2)c2cc(I)ccc21.ClCCl.Oc1ccc(F)c(-c2ccc3[nH]nc(-c4nc5ccccc5[nH]4)c3c2)c1F.Oc1ccc(F)cc1F. The number of fused-ring (bicyclic) bond motifs is 6. The van der Waals surface area contributed by atoms with Gasteiger partial charge < -0.3 is 58.3 Å². The fourth-order valence-electron chi connectivity index (χ4n) is 13.0. The van der Waals surface area contributed by atoms with Gasteiger partial charge in [0, 0.05) is 112 Å². The van der Waals surface area contributed by atoms with E-state index in [1.807, 2.05) is 90.5 Å². The Morgan fingerprint density at radius 3 is 1.21 bits per heavy atom. The number of hydrogen-bond donors (Lipinski definition) is 6. The Bertz CT molecular complexity index is 6480. The van der Waals surface area contributed by atoms with Crippen molar-refractivity contribution >= 4 is 152 Å². The van der Waals surface area contributed by atoms with E-state index in [0.717, 1.165) is 141 Å². The Balaban J connectivity index is 0.000000179. The van der Waals surface area contributed by atoms with Gasteiger partial charge in [-0.05, 0) is 198 Å². The van der Waals surface area contributed by atoms with Crippen molar-refractivity contribution in [2.45, 2.75) is 149 Å². The van der Waals surface area contributed by atoms with E-state index in [-0.39, 0.29) is 48.3 Å². The van der Waals surface area contributed by atoms with Crippen LogP contribution in [-0.2, 0) is 37.1 Å². The van der Waals surface area contributed by atoms with Crippen molar-refractivity contribution in [3.8, 4) is 79.8 Å². The smallest absolute Gasteiger partial charge is 0.189 e. The van der Waals surface area contributed by atoms with Gasteiger partial charge in [0.05, 0.1) is 66.1 Å². The van der Waals surface area contributed by atoms with Crippen molar-refractivity contribution in [3.63, 3.8) is 0 Å². The highest BCUT2D eigenvalue weighted by molar-refractivity contribution is 14.1. The quantitative estimate of drug-likeness (QED) is 0.00590. The van der Waals surface area contributed by atoms with E-state index in [0.29, 0.717) is 83.1 Å². The second kappa shape index (κ2) is 49.2. The molecule has 6 N–H and O–H groups in total. The Kier molecular flexibility index (Phi) is 39.0. The lowest BCUT2D eigenvalue weighted by atomic mass is 10.0. The van der Waals surface area contributed by atoms with E-state index >= 15 is 8.78 Å². The van der Waals surface area contributed by atoms with Gasteiger partial charge in [-0.3, -0.25) is 5.10 Å². The van der Waals surface area contributed by atoms with Crippen LogP contribution < -0.4 is 9.47 Å². The summed E-state index contributed by atoms with van der Waals surface area (Å²) < 4.78 is 153. The molecule has 37 heteroatoms. The molecule has 16 aromatic rings. The summed E-state index contributed by atoms with van der Waals surface area (Å²) >= 11 is 11.9. The van der Waals surface area contributed by atoms with Gasteiger partial charge in [-0.25, -0.2) is 59.4 Å². The van der Waals surface area contributed by atoms with Crippen molar-refractivity contribution in [2.75, 3.05) is 58.6 Å². The standard InChI is InChI=1S/C32H40F2N4O3Si2.C20H12F2N4O.C20H23IN4OSi.C12H18F2O2Si.C7H18OSi.C6H4F2O.CH2Cl2/c1-42(2,3)17-15-39-20-38-27-13-11-22(19-23(27)31(37-38)32-35-25-9-7-8-10-26(25)36-32)29-24(33)12-14-28(30(29)34)41-21-40-16-18-43(4,5)6;21-12-6-8-16(27)18(22)17(12)10-5-7-13-11(9-10)19(26-25-13)20-23-14-3-1-2-4-15(14)24-20;1-27(2,3)11-10-26-13-25-18-9-8-14(21)12-15(18)19(24-25)20-22-16-6-4-5-7-17(16)23-20;1-17(2,3)7-6-15-9-16-12-5-4-10(13)8-11(12)14;1-5-8-6-7-9(2,3)4;7-4-1-2-6(9)5(8)3-4;2-1-3/h7-14,19H,15-18,20-21H2,1-6H3,(H,35,36);1-9,27H,(H,23,24)(H,25,26);4-9,12H,10-11,13H2,1-3H3,(H,22,23);4-5,8H,6-7,9H2,1-3H3;5-7H2,1-4H3;1-3,9H;1H2. The summed E-state index contributed by atoms with van der Waals surface area (Å²) in [4.78, 5) is 23.9. The fourth-order valence-corrected chi connectivity index (χ4v) is 17.3. The monoisotopic (exact) mass is 2090 g/mol. The number of ether oxygens (including phenoxy) is 7. The molecule has 0 saturated heterocycles. The first kappa shape index (κ1) is 107. The average molecular weight is 2100 g/mol. The number of phenols is 2. The van der Waals surface area contributed by atoms with Crippen molar-refractivity contribution in [2.24, 2.45) is 0 Å². The molecule has 0 bridgehead atoms. The van der Waals surface area contributed by atoms with Crippen LogP contribution in [0, 0.1) is 50.1 Å². The molecule has 135 heavy (non-hydrogen) atoms. The summed E-state index contributed by atoms with van der Waals surface area (Å²) in [6, 6.07) is 55.7. The maximum atomic E-state index is 15.7. The summed E-state index contributed by atoms with van der Waals surface area (Å²) in [5.74, 6) is -5.43. The third-order valence-electron chi connectivity index (χ3n) is 20.6. The Labute approximate surface area is 809 Å². The Morgan fingerprint density at radius 2 is 0.763 bits per heavy atom. The number of phenolic OH excluding ortho intramolecular Hbond substituents is 2. The highest BCUT2D eigenvalue weighted by Crippen LogP contribution is 2.40. The molecule has 21 nitrogen and oxygen atoms in total. The van der Waals surface area contributed by atoms with Crippen molar-refractivity contribution in [3.05, 3.63) is 238 Å². The van der Waals surface area contributed by atoms with Gasteiger partial charge in [-0.15, -0.1) is 23.2 Å². The first-order valence-corrected chi connectivity index (χ1v) is 64.7. The summed E-state index contributed by atoms with van der Waals surface area (Å²) in [5, 5.41) is 37.6. The van der Waals surface area contributed by atoms with Crippen LogP contribution in [0.3, 0.4) is 0 Å². The zero-order valence-electron chi connectivity index (χ0n) is 78.7. The minimum Gasteiger partial charge on any atom is -0.505 e. The molecule has 10 aromatic carbocycles. The molecule has 16 rings (SSSR count). The number of rotatable bonds is 31. The third kappa shape index (κ3) is 32.2. The lowest BCUT2D eigenvalue weighted by Crippen LogP contribution is -2.22. The number of alkyl halides is 2. The van der Waals surface area contributed by atoms with E-state index in [4.69, 9.17) is 81.6 Å². The predicted molar refractivity (Wildman–Crippen MR) is 549 cm³/mol. The number of nitrogens with one attached hydrogen (secondary N) is 4. The van der Waals surface area contributed by atoms with E-state index in [1.54, 1.807) is 35.0 Å². The van der Waals surface area contributed by atoms with E-state index < -0.39 is 98.4 Å². The number of aromatic hydroxyl groups is 2. The number of imidazole rings is 3.